The van der Waals surface area contributed by atoms with E-state index in [1.807, 2.05) is 13.8 Å². The molecule has 16 heavy (non-hydrogen) atoms. The highest BCUT2D eigenvalue weighted by atomic mass is 16.8. The van der Waals surface area contributed by atoms with Gasteiger partial charge in [-0.15, -0.1) is 0 Å². The maximum atomic E-state index is 10.0. The largest absolute Gasteiger partial charge is 0.388 e. The van der Waals surface area contributed by atoms with E-state index in [1.165, 1.54) is 0 Å². The standard InChI is InChI=1S/C11H20O5/c1-10(2,12)8-6-7(9(13-5)14-8)16-11(3,4)15-6/h6-9,12H,1-5H3/t6-,7+,8-,9?/m0/s1. The predicted molar refractivity (Wildman–Crippen MR) is 55.8 cm³/mol. The molecular formula is C11H20O5. The van der Waals surface area contributed by atoms with Gasteiger partial charge in [-0.3, -0.25) is 0 Å². The molecule has 0 aromatic rings. The van der Waals surface area contributed by atoms with E-state index in [0.29, 0.717) is 0 Å². The Kier molecular flexibility index (Phi) is 2.79. The van der Waals surface area contributed by atoms with E-state index in [1.54, 1.807) is 21.0 Å². The zero-order valence-corrected chi connectivity index (χ0v) is 10.4. The molecule has 4 atom stereocenters. The highest BCUT2D eigenvalue weighted by Crippen LogP contribution is 2.41. The van der Waals surface area contributed by atoms with Gasteiger partial charge in [0, 0.05) is 7.11 Å². The van der Waals surface area contributed by atoms with Crippen molar-refractivity contribution in [2.45, 2.75) is 63.7 Å². The number of aliphatic hydroxyl groups is 1. The normalized spacial score (nSPS) is 42.4. The summed E-state index contributed by atoms with van der Waals surface area (Å²) in [6, 6.07) is 0. The number of hydrogen-bond acceptors (Lipinski definition) is 5. The van der Waals surface area contributed by atoms with Crippen molar-refractivity contribution in [1.29, 1.82) is 0 Å². The zero-order chi connectivity index (χ0) is 12.1. The van der Waals surface area contributed by atoms with Crippen LogP contribution in [0.3, 0.4) is 0 Å². The fourth-order valence-electron chi connectivity index (χ4n) is 2.32. The Morgan fingerprint density at radius 1 is 1.19 bits per heavy atom. The van der Waals surface area contributed by atoms with E-state index >= 15 is 0 Å². The molecule has 2 heterocycles. The third kappa shape index (κ3) is 1.98. The Morgan fingerprint density at radius 3 is 2.25 bits per heavy atom. The number of rotatable bonds is 2. The first-order valence-corrected chi connectivity index (χ1v) is 5.51. The second kappa shape index (κ2) is 3.65. The van der Waals surface area contributed by atoms with E-state index in [0.717, 1.165) is 0 Å². The van der Waals surface area contributed by atoms with Crippen LogP contribution in [0.25, 0.3) is 0 Å². The smallest absolute Gasteiger partial charge is 0.186 e. The van der Waals surface area contributed by atoms with Crippen molar-refractivity contribution in [2.75, 3.05) is 7.11 Å². The summed E-state index contributed by atoms with van der Waals surface area (Å²) in [5, 5.41) is 10.0. The Morgan fingerprint density at radius 2 is 1.75 bits per heavy atom. The van der Waals surface area contributed by atoms with Gasteiger partial charge in [-0.05, 0) is 27.7 Å². The number of ether oxygens (including phenoxy) is 4. The van der Waals surface area contributed by atoms with Crippen LogP contribution in [0.4, 0.5) is 0 Å². The molecule has 1 N–H and O–H groups in total. The maximum absolute atomic E-state index is 10.0. The second-order valence-corrected chi connectivity index (χ2v) is 5.38. The highest BCUT2D eigenvalue weighted by Gasteiger charge is 2.58. The van der Waals surface area contributed by atoms with Crippen LogP contribution < -0.4 is 0 Å². The minimum Gasteiger partial charge on any atom is -0.388 e. The molecular weight excluding hydrogens is 212 g/mol. The summed E-state index contributed by atoms with van der Waals surface area (Å²) in [5.41, 5.74) is -0.986. The third-order valence-electron chi connectivity index (χ3n) is 2.94. The number of fused-ring (bicyclic) bond motifs is 1. The van der Waals surface area contributed by atoms with Crippen LogP contribution in [0.1, 0.15) is 27.7 Å². The number of methoxy groups -OCH3 is 1. The van der Waals surface area contributed by atoms with Gasteiger partial charge in [0.1, 0.15) is 18.3 Å². The summed E-state index contributed by atoms with van der Waals surface area (Å²) < 4.78 is 22.3. The highest BCUT2D eigenvalue weighted by molar-refractivity contribution is 5.00. The van der Waals surface area contributed by atoms with Gasteiger partial charge >= 0.3 is 0 Å². The molecule has 0 radical (unpaired) electrons. The average Bonchev–Trinajstić information content (AvgIpc) is 2.55. The molecule has 0 spiro atoms. The molecule has 2 saturated heterocycles. The SMILES string of the molecule is COC1O[C@H](C(C)(C)O)[C@H]2OC(C)(C)O[C@@H]12. The molecule has 0 aromatic carbocycles. The van der Waals surface area contributed by atoms with Gasteiger partial charge < -0.3 is 24.1 Å². The quantitative estimate of drug-likeness (QED) is 0.757. The lowest BCUT2D eigenvalue weighted by molar-refractivity contribution is -0.245. The van der Waals surface area contributed by atoms with Crippen molar-refractivity contribution in [1.82, 2.24) is 0 Å². The summed E-state index contributed by atoms with van der Waals surface area (Å²) in [5.74, 6) is -0.653. The summed E-state index contributed by atoms with van der Waals surface area (Å²) in [7, 11) is 1.56. The maximum Gasteiger partial charge on any atom is 0.186 e. The topological polar surface area (TPSA) is 57.2 Å². The first kappa shape index (κ1) is 12.3. The van der Waals surface area contributed by atoms with Crippen LogP contribution in [0.5, 0.6) is 0 Å². The van der Waals surface area contributed by atoms with E-state index in [-0.39, 0.29) is 12.2 Å². The lowest BCUT2D eigenvalue weighted by Gasteiger charge is -2.30. The predicted octanol–water partition coefficient (Wildman–Crippen LogP) is 0.649. The van der Waals surface area contributed by atoms with Gasteiger partial charge in [0.05, 0.1) is 5.60 Å². The van der Waals surface area contributed by atoms with Gasteiger partial charge in [-0.25, -0.2) is 0 Å². The monoisotopic (exact) mass is 232 g/mol. The Balaban J connectivity index is 2.21. The van der Waals surface area contributed by atoms with Crippen molar-refractivity contribution in [3.8, 4) is 0 Å². The fourth-order valence-corrected chi connectivity index (χ4v) is 2.32. The third-order valence-corrected chi connectivity index (χ3v) is 2.94. The van der Waals surface area contributed by atoms with E-state index in [2.05, 4.69) is 0 Å². The zero-order valence-electron chi connectivity index (χ0n) is 10.4. The minimum absolute atomic E-state index is 0.281. The van der Waals surface area contributed by atoms with Crippen LogP contribution in [-0.4, -0.2) is 48.2 Å². The first-order chi connectivity index (χ1) is 7.24. The van der Waals surface area contributed by atoms with E-state index < -0.39 is 23.8 Å². The van der Waals surface area contributed by atoms with Crippen LogP contribution in [0.15, 0.2) is 0 Å². The van der Waals surface area contributed by atoms with Crippen molar-refractivity contribution in [3.63, 3.8) is 0 Å². The Bertz CT molecular complexity index is 270. The van der Waals surface area contributed by atoms with Crippen LogP contribution in [0.2, 0.25) is 0 Å². The Hall–Kier alpha value is -0.200. The molecule has 5 nitrogen and oxygen atoms in total. The summed E-state index contributed by atoms with van der Waals surface area (Å²) in [4.78, 5) is 0. The molecule has 0 bridgehead atoms. The molecule has 0 amide bonds. The molecule has 2 aliphatic rings. The lowest BCUT2D eigenvalue weighted by Crippen LogP contribution is -2.45. The first-order valence-electron chi connectivity index (χ1n) is 5.51. The second-order valence-electron chi connectivity index (χ2n) is 5.38. The average molecular weight is 232 g/mol. The van der Waals surface area contributed by atoms with Crippen molar-refractivity contribution >= 4 is 0 Å². The molecule has 0 saturated carbocycles. The van der Waals surface area contributed by atoms with Crippen molar-refractivity contribution in [2.24, 2.45) is 0 Å². The van der Waals surface area contributed by atoms with Gasteiger partial charge in [0.2, 0.25) is 0 Å². The molecule has 2 aliphatic heterocycles. The fraction of sp³-hybridized carbons (Fsp3) is 1.00. The van der Waals surface area contributed by atoms with Crippen LogP contribution in [-0.2, 0) is 18.9 Å². The van der Waals surface area contributed by atoms with E-state index in [4.69, 9.17) is 18.9 Å². The summed E-state index contributed by atoms with van der Waals surface area (Å²) in [6.45, 7) is 7.09. The van der Waals surface area contributed by atoms with Crippen LogP contribution >= 0.6 is 0 Å². The summed E-state index contributed by atoms with van der Waals surface area (Å²) >= 11 is 0. The van der Waals surface area contributed by atoms with Gasteiger partial charge in [0.15, 0.2) is 12.1 Å². The van der Waals surface area contributed by atoms with Crippen molar-refractivity contribution < 1.29 is 24.1 Å². The molecule has 94 valence electrons. The number of hydrogen-bond donors (Lipinski definition) is 1. The van der Waals surface area contributed by atoms with Crippen molar-refractivity contribution in [3.05, 3.63) is 0 Å². The van der Waals surface area contributed by atoms with Crippen LogP contribution in [0, 0.1) is 0 Å². The molecule has 2 fully saturated rings. The van der Waals surface area contributed by atoms with E-state index in [9.17, 15) is 5.11 Å². The Labute approximate surface area is 95.6 Å². The minimum atomic E-state index is -0.986. The molecule has 2 rings (SSSR count). The molecule has 1 unspecified atom stereocenters. The molecule has 0 aliphatic carbocycles. The van der Waals surface area contributed by atoms with Gasteiger partial charge in [0.25, 0.3) is 0 Å². The lowest BCUT2D eigenvalue weighted by atomic mass is 9.96. The van der Waals surface area contributed by atoms with Gasteiger partial charge in [-0.1, -0.05) is 0 Å². The molecule has 0 aromatic heterocycles. The summed E-state index contributed by atoms with van der Waals surface area (Å²) in [6.07, 6.45) is -1.50. The molecule has 5 heteroatoms. The van der Waals surface area contributed by atoms with Gasteiger partial charge in [-0.2, -0.15) is 0 Å².